The van der Waals surface area contributed by atoms with Crippen LogP contribution in [0.4, 0.5) is 8.78 Å². The summed E-state index contributed by atoms with van der Waals surface area (Å²) in [4.78, 5) is 12.0. The van der Waals surface area contributed by atoms with Crippen molar-refractivity contribution < 1.29 is 23.4 Å². The van der Waals surface area contributed by atoms with Gasteiger partial charge in [-0.3, -0.25) is 4.79 Å². The monoisotopic (exact) mass is 287 g/mol. The van der Waals surface area contributed by atoms with Gasteiger partial charge in [0.15, 0.2) is 0 Å². The summed E-state index contributed by atoms with van der Waals surface area (Å²) in [5, 5.41) is 11.6. The number of benzene rings is 1. The van der Waals surface area contributed by atoms with Gasteiger partial charge in [0.05, 0.1) is 5.56 Å². The van der Waals surface area contributed by atoms with Crippen molar-refractivity contribution in [3.63, 3.8) is 0 Å². The van der Waals surface area contributed by atoms with Gasteiger partial charge in [0.25, 0.3) is 5.91 Å². The quantitative estimate of drug-likeness (QED) is 0.809. The average Bonchev–Trinajstić information content (AvgIpc) is 2.36. The van der Waals surface area contributed by atoms with Crippen molar-refractivity contribution in [3.8, 4) is 5.75 Å². The number of hydrogen-bond donors (Lipinski definition) is 2. The molecule has 2 N–H and O–H groups in total. The lowest BCUT2D eigenvalue weighted by Crippen LogP contribution is -2.34. The van der Waals surface area contributed by atoms with Gasteiger partial charge in [-0.2, -0.15) is 8.78 Å². The van der Waals surface area contributed by atoms with E-state index in [2.05, 4.69) is 10.1 Å². The van der Waals surface area contributed by atoms with Gasteiger partial charge in [0, 0.05) is 13.2 Å². The second kappa shape index (κ2) is 7.19. The number of carbonyl (C=O) groups is 1. The van der Waals surface area contributed by atoms with Gasteiger partial charge in [-0.25, -0.2) is 0 Å². The minimum absolute atomic E-state index is 0.0218. The molecule has 1 rings (SSSR count). The topological polar surface area (TPSA) is 58.6 Å². The summed E-state index contributed by atoms with van der Waals surface area (Å²) >= 11 is 0. The fourth-order valence-corrected chi connectivity index (χ4v) is 1.66. The van der Waals surface area contributed by atoms with E-state index in [1.807, 2.05) is 13.8 Å². The SMILES string of the molecule is CC(C)(CCO)CNC(=O)c1ccccc1OC(F)F. The molecule has 0 aliphatic rings. The highest BCUT2D eigenvalue weighted by atomic mass is 19.3. The average molecular weight is 287 g/mol. The van der Waals surface area contributed by atoms with Crippen LogP contribution in [-0.4, -0.2) is 30.8 Å². The number of para-hydroxylation sites is 1. The second-order valence-corrected chi connectivity index (χ2v) is 5.20. The Morgan fingerprint density at radius 3 is 2.65 bits per heavy atom. The molecule has 20 heavy (non-hydrogen) atoms. The van der Waals surface area contributed by atoms with Gasteiger partial charge in [0.1, 0.15) is 5.75 Å². The predicted molar refractivity (Wildman–Crippen MR) is 70.9 cm³/mol. The fourth-order valence-electron chi connectivity index (χ4n) is 1.66. The molecule has 1 amide bonds. The molecule has 0 aliphatic heterocycles. The Labute approximate surface area is 116 Å². The highest BCUT2D eigenvalue weighted by molar-refractivity contribution is 5.96. The molecule has 112 valence electrons. The van der Waals surface area contributed by atoms with E-state index >= 15 is 0 Å². The predicted octanol–water partition coefficient (Wildman–Crippen LogP) is 2.43. The van der Waals surface area contributed by atoms with Crippen LogP contribution >= 0.6 is 0 Å². The zero-order chi connectivity index (χ0) is 15.2. The van der Waals surface area contributed by atoms with Gasteiger partial charge in [-0.05, 0) is 24.0 Å². The number of aliphatic hydroxyl groups excluding tert-OH is 1. The van der Waals surface area contributed by atoms with Crippen LogP contribution in [0.25, 0.3) is 0 Å². The van der Waals surface area contributed by atoms with Gasteiger partial charge in [0.2, 0.25) is 0 Å². The number of aliphatic hydroxyl groups is 1. The molecule has 4 nitrogen and oxygen atoms in total. The number of halogens is 2. The normalized spacial score (nSPS) is 11.5. The summed E-state index contributed by atoms with van der Waals surface area (Å²) in [6.07, 6.45) is 0.530. The first-order valence-electron chi connectivity index (χ1n) is 6.28. The Morgan fingerprint density at radius 1 is 1.40 bits per heavy atom. The Hall–Kier alpha value is -1.69. The number of carbonyl (C=O) groups excluding carboxylic acids is 1. The minimum Gasteiger partial charge on any atom is -0.434 e. The number of nitrogens with one attached hydrogen (secondary N) is 1. The Morgan fingerprint density at radius 2 is 2.05 bits per heavy atom. The maximum atomic E-state index is 12.3. The van der Waals surface area contributed by atoms with E-state index in [0.717, 1.165) is 0 Å². The van der Waals surface area contributed by atoms with Crippen LogP contribution in [0.1, 0.15) is 30.6 Å². The van der Waals surface area contributed by atoms with Gasteiger partial charge in [-0.15, -0.1) is 0 Å². The summed E-state index contributed by atoms with van der Waals surface area (Å²) in [5.41, 5.74) is -0.212. The largest absolute Gasteiger partial charge is 0.434 e. The van der Waals surface area contributed by atoms with E-state index in [1.165, 1.54) is 18.2 Å². The van der Waals surface area contributed by atoms with Crippen LogP contribution in [0.2, 0.25) is 0 Å². The van der Waals surface area contributed by atoms with E-state index < -0.39 is 12.5 Å². The Balaban J connectivity index is 2.73. The number of hydrogen-bond acceptors (Lipinski definition) is 3. The van der Waals surface area contributed by atoms with E-state index in [9.17, 15) is 13.6 Å². The zero-order valence-electron chi connectivity index (χ0n) is 11.5. The van der Waals surface area contributed by atoms with Crippen molar-refractivity contribution in [3.05, 3.63) is 29.8 Å². The molecule has 0 fully saturated rings. The molecule has 1 aromatic carbocycles. The summed E-state index contributed by atoms with van der Waals surface area (Å²) in [7, 11) is 0. The van der Waals surface area contributed by atoms with Crippen molar-refractivity contribution in [2.45, 2.75) is 26.9 Å². The molecule has 0 aliphatic carbocycles. The molecule has 0 saturated carbocycles. The van der Waals surface area contributed by atoms with Crippen LogP contribution in [0.15, 0.2) is 24.3 Å². The maximum Gasteiger partial charge on any atom is 0.387 e. The maximum absolute atomic E-state index is 12.3. The number of alkyl halides is 2. The van der Waals surface area contributed by atoms with Gasteiger partial charge < -0.3 is 15.2 Å². The Kier molecular flexibility index (Phi) is 5.88. The molecule has 6 heteroatoms. The van der Waals surface area contributed by atoms with E-state index in [1.54, 1.807) is 6.07 Å². The zero-order valence-corrected chi connectivity index (χ0v) is 11.5. The standard InChI is InChI=1S/C14H19F2NO3/c1-14(2,7-8-18)9-17-12(19)10-5-3-4-6-11(10)20-13(15)16/h3-6,13,18H,7-9H2,1-2H3,(H,17,19). The van der Waals surface area contributed by atoms with E-state index in [0.29, 0.717) is 13.0 Å². The highest BCUT2D eigenvalue weighted by Crippen LogP contribution is 2.22. The first-order valence-corrected chi connectivity index (χ1v) is 6.28. The van der Waals surface area contributed by atoms with Crippen molar-refractivity contribution in [1.29, 1.82) is 0 Å². The molecule has 0 spiro atoms. The highest BCUT2D eigenvalue weighted by Gasteiger charge is 2.20. The Bertz CT molecular complexity index is 450. The first kappa shape index (κ1) is 16.4. The van der Waals surface area contributed by atoms with Crippen molar-refractivity contribution in [2.75, 3.05) is 13.2 Å². The first-order chi connectivity index (χ1) is 9.35. The van der Waals surface area contributed by atoms with Gasteiger partial charge >= 0.3 is 6.61 Å². The lowest BCUT2D eigenvalue weighted by molar-refractivity contribution is -0.0501. The molecule has 0 radical (unpaired) electrons. The summed E-state index contributed by atoms with van der Waals surface area (Å²) in [5.74, 6) is -0.632. The molecular weight excluding hydrogens is 268 g/mol. The molecule has 0 saturated heterocycles. The molecule has 0 atom stereocenters. The van der Waals surface area contributed by atoms with Crippen molar-refractivity contribution in [1.82, 2.24) is 5.32 Å². The number of ether oxygens (including phenoxy) is 1. The summed E-state index contributed by atoms with van der Waals surface area (Å²) in [6.45, 7) is 1.16. The van der Waals surface area contributed by atoms with Crippen LogP contribution < -0.4 is 10.1 Å². The summed E-state index contributed by atoms with van der Waals surface area (Å²) in [6, 6.07) is 5.84. The molecule has 0 aromatic heterocycles. The third kappa shape index (κ3) is 5.13. The minimum atomic E-state index is -2.98. The van der Waals surface area contributed by atoms with Crippen molar-refractivity contribution >= 4 is 5.91 Å². The molecule has 0 bridgehead atoms. The lowest BCUT2D eigenvalue weighted by Gasteiger charge is -2.24. The number of rotatable bonds is 7. The molecular formula is C14H19F2NO3. The molecule has 0 unspecified atom stereocenters. The van der Waals surface area contributed by atoms with Crippen LogP contribution in [-0.2, 0) is 0 Å². The third-order valence-corrected chi connectivity index (χ3v) is 2.86. The van der Waals surface area contributed by atoms with Gasteiger partial charge in [-0.1, -0.05) is 26.0 Å². The summed E-state index contributed by atoms with van der Waals surface area (Å²) < 4.78 is 28.8. The molecule has 0 heterocycles. The van der Waals surface area contributed by atoms with Crippen LogP contribution in [0.3, 0.4) is 0 Å². The lowest BCUT2D eigenvalue weighted by atomic mass is 9.89. The second-order valence-electron chi connectivity index (χ2n) is 5.20. The fraction of sp³-hybridized carbons (Fsp3) is 0.500. The third-order valence-electron chi connectivity index (χ3n) is 2.86. The number of amides is 1. The smallest absolute Gasteiger partial charge is 0.387 e. The van der Waals surface area contributed by atoms with Crippen LogP contribution in [0.5, 0.6) is 5.75 Å². The van der Waals surface area contributed by atoms with Crippen molar-refractivity contribution in [2.24, 2.45) is 5.41 Å². The van der Waals surface area contributed by atoms with E-state index in [4.69, 9.17) is 5.11 Å². The molecule has 1 aromatic rings. The van der Waals surface area contributed by atoms with Crippen LogP contribution in [0, 0.1) is 5.41 Å². The van der Waals surface area contributed by atoms with E-state index in [-0.39, 0.29) is 23.3 Å².